The number of piperidine rings is 1. The number of nitrogens with zero attached hydrogens (tertiary/aromatic N) is 2. The van der Waals surface area contributed by atoms with Crippen molar-refractivity contribution < 1.29 is 28.2 Å². The van der Waals surface area contributed by atoms with Crippen molar-refractivity contribution in [3.8, 4) is 11.5 Å². The third kappa shape index (κ3) is 4.83. The topological polar surface area (TPSA) is 88.2 Å². The maximum atomic E-state index is 13.9. The molecule has 2 aromatic rings. The van der Waals surface area contributed by atoms with Crippen molar-refractivity contribution in [2.24, 2.45) is 5.92 Å². The Morgan fingerprint density at radius 2 is 1.79 bits per heavy atom. The van der Waals surface area contributed by atoms with Crippen LogP contribution in [0.3, 0.4) is 0 Å². The predicted octanol–water partition coefficient (Wildman–Crippen LogP) is 2.62. The van der Waals surface area contributed by atoms with Gasteiger partial charge in [0, 0.05) is 38.2 Å². The van der Waals surface area contributed by atoms with Gasteiger partial charge in [0.1, 0.15) is 17.3 Å². The molecule has 0 spiro atoms. The van der Waals surface area contributed by atoms with Crippen molar-refractivity contribution in [1.82, 2.24) is 10.2 Å². The zero-order chi connectivity index (χ0) is 24.2. The Hall–Kier alpha value is -3.62. The van der Waals surface area contributed by atoms with Crippen molar-refractivity contribution in [2.45, 2.75) is 25.3 Å². The van der Waals surface area contributed by atoms with Gasteiger partial charge in [0.05, 0.1) is 31.4 Å². The number of rotatable bonds is 6. The van der Waals surface area contributed by atoms with Gasteiger partial charge >= 0.3 is 0 Å². The van der Waals surface area contributed by atoms with Crippen LogP contribution >= 0.6 is 0 Å². The molecule has 1 N–H and O–H groups in total. The van der Waals surface area contributed by atoms with Gasteiger partial charge in [-0.25, -0.2) is 4.39 Å². The summed E-state index contributed by atoms with van der Waals surface area (Å²) in [4.78, 5) is 41.3. The predicted molar refractivity (Wildman–Crippen MR) is 123 cm³/mol. The van der Waals surface area contributed by atoms with E-state index in [0.717, 1.165) is 0 Å². The van der Waals surface area contributed by atoms with Crippen LogP contribution in [0.4, 0.5) is 10.1 Å². The monoisotopic (exact) mass is 469 g/mol. The summed E-state index contributed by atoms with van der Waals surface area (Å²) in [5.74, 6) is -0.559. The number of ether oxygens (including phenoxy) is 2. The van der Waals surface area contributed by atoms with Crippen molar-refractivity contribution in [1.29, 1.82) is 0 Å². The van der Waals surface area contributed by atoms with Gasteiger partial charge in [-0.1, -0.05) is 12.1 Å². The molecule has 34 heavy (non-hydrogen) atoms. The molecule has 0 radical (unpaired) electrons. The highest BCUT2D eigenvalue weighted by Gasteiger charge is 2.37. The maximum absolute atomic E-state index is 13.9. The van der Waals surface area contributed by atoms with Crippen LogP contribution in [0, 0.1) is 11.7 Å². The number of carbonyl (C=O) groups is 3. The van der Waals surface area contributed by atoms with Gasteiger partial charge in [-0.15, -0.1) is 0 Å². The molecule has 2 saturated heterocycles. The van der Waals surface area contributed by atoms with Crippen LogP contribution in [-0.2, 0) is 9.59 Å². The molecule has 4 rings (SSSR count). The molecule has 2 aliphatic heterocycles. The Morgan fingerprint density at radius 1 is 1.06 bits per heavy atom. The molecular formula is C25H28FN3O5. The maximum Gasteiger partial charge on any atom is 0.256 e. The first kappa shape index (κ1) is 23.5. The van der Waals surface area contributed by atoms with E-state index < -0.39 is 11.7 Å². The fourth-order valence-corrected chi connectivity index (χ4v) is 4.47. The van der Waals surface area contributed by atoms with E-state index in [1.165, 1.54) is 19.2 Å². The van der Waals surface area contributed by atoms with E-state index in [1.807, 2.05) is 0 Å². The second-order valence-corrected chi connectivity index (χ2v) is 8.50. The van der Waals surface area contributed by atoms with E-state index in [-0.39, 0.29) is 42.3 Å². The van der Waals surface area contributed by atoms with Gasteiger partial charge in [0.2, 0.25) is 11.8 Å². The second kappa shape index (κ2) is 10.1. The number of hydrogen-bond acceptors (Lipinski definition) is 5. The molecule has 0 aliphatic carbocycles. The highest BCUT2D eigenvalue weighted by molar-refractivity contribution is 6.01. The summed E-state index contributed by atoms with van der Waals surface area (Å²) in [5.41, 5.74) is 0.659. The first-order valence-electron chi connectivity index (χ1n) is 11.3. The number of halogens is 1. The number of hydrogen-bond donors (Lipinski definition) is 1. The van der Waals surface area contributed by atoms with Crippen LogP contribution in [0.1, 0.15) is 29.6 Å². The summed E-state index contributed by atoms with van der Waals surface area (Å²) in [6, 6.07) is 11.0. The molecule has 0 bridgehead atoms. The average Bonchev–Trinajstić information content (AvgIpc) is 3.25. The van der Waals surface area contributed by atoms with Crippen molar-refractivity contribution >= 4 is 23.4 Å². The number of carbonyl (C=O) groups excluding carboxylic acids is 3. The number of amides is 3. The Morgan fingerprint density at radius 3 is 2.47 bits per heavy atom. The molecule has 1 unspecified atom stereocenters. The van der Waals surface area contributed by atoms with E-state index in [4.69, 9.17) is 9.47 Å². The van der Waals surface area contributed by atoms with Crippen LogP contribution < -0.4 is 19.7 Å². The summed E-state index contributed by atoms with van der Waals surface area (Å²) in [7, 11) is 3.07. The third-order valence-corrected chi connectivity index (χ3v) is 6.41. The SMILES string of the molecule is COc1ccc(N2CC(C(=O)NC3CCN(C(=O)c4ccccc4F)CC3)CC2=O)c(OC)c1. The van der Waals surface area contributed by atoms with Gasteiger partial charge in [-0.05, 0) is 37.1 Å². The fraction of sp³-hybridized carbons (Fsp3) is 0.400. The van der Waals surface area contributed by atoms with Crippen LogP contribution in [0.15, 0.2) is 42.5 Å². The van der Waals surface area contributed by atoms with E-state index in [9.17, 15) is 18.8 Å². The lowest BCUT2D eigenvalue weighted by atomic mass is 10.0. The van der Waals surface area contributed by atoms with E-state index >= 15 is 0 Å². The van der Waals surface area contributed by atoms with Gasteiger partial charge in [0.15, 0.2) is 0 Å². The summed E-state index contributed by atoms with van der Waals surface area (Å²) in [6.45, 7) is 1.12. The highest BCUT2D eigenvalue weighted by Crippen LogP contribution is 2.36. The second-order valence-electron chi connectivity index (χ2n) is 8.50. The minimum absolute atomic E-state index is 0.0588. The molecule has 9 heteroatoms. The Balaban J connectivity index is 1.33. The Labute approximate surface area is 197 Å². The van der Waals surface area contributed by atoms with Gasteiger partial charge in [0.25, 0.3) is 5.91 Å². The normalized spacial score (nSPS) is 18.7. The molecule has 2 heterocycles. The smallest absolute Gasteiger partial charge is 0.256 e. The molecule has 1 atom stereocenters. The Bertz CT molecular complexity index is 1080. The number of nitrogens with one attached hydrogen (secondary N) is 1. The van der Waals surface area contributed by atoms with Crippen LogP contribution in [0.5, 0.6) is 11.5 Å². The van der Waals surface area contributed by atoms with Crippen LogP contribution in [-0.4, -0.2) is 62.5 Å². The molecule has 0 saturated carbocycles. The largest absolute Gasteiger partial charge is 0.497 e. The first-order valence-corrected chi connectivity index (χ1v) is 11.3. The molecule has 3 amide bonds. The molecule has 2 aliphatic rings. The minimum atomic E-state index is -0.535. The lowest BCUT2D eigenvalue weighted by molar-refractivity contribution is -0.127. The van der Waals surface area contributed by atoms with Gasteiger partial charge in [-0.3, -0.25) is 14.4 Å². The fourth-order valence-electron chi connectivity index (χ4n) is 4.47. The minimum Gasteiger partial charge on any atom is -0.497 e. The van der Waals surface area contributed by atoms with E-state index in [2.05, 4.69) is 5.32 Å². The van der Waals surface area contributed by atoms with Crippen molar-refractivity contribution in [2.75, 3.05) is 38.8 Å². The summed E-state index contributed by atoms with van der Waals surface area (Å²) < 4.78 is 24.5. The lowest BCUT2D eigenvalue weighted by Crippen LogP contribution is -2.48. The Kier molecular flexibility index (Phi) is 7.00. The van der Waals surface area contributed by atoms with Crippen molar-refractivity contribution in [3.63, 3.8) is 0 Å². The molecule has 2 aromatic carbocycles. The zero-order valence-electron chi connectivity index (χ0n) is 19.3. The average molecular weight is 470 g/mol. The molecule has 2 fully saturated rings. The number of anilines is 1. The quantitative estimate of drug-likeness (QED) is 0.703. The highest BCUT2D eigenvalue weighted by atomic mass is 19.1. The number of benzene rings is 2. The van der Waals surface area contributed by atoms with E-state index in [0.29, 0.717) is 43.1 Å². The molecule has 180 valence electrons. The number of methoxy groups -OCH3 is 2. The molecular weight excluding hydrogens is 441 g/mol. The third-order valence-electron chi connectivity index (χ3n) is 6.41. The number of likely N-dealkylation sites (tertiary alicyclic amines) is 1. The van der Waals surface area contributed by atoms with Crippen molar-refractivity contribution in [3.05, 3.63) is 53.8 Å². The van der Waals surface area contributed by atoms with Crippen LogP contribution in [0.25, 0.3) is 0 Å². The lowest BCUT2D eigenvalue weighted by Gasteiger charge is -2.33. The van der Waals surface area contributed by atoms with Crippen LogP contribution in [0.2, 0.25) is 0 Å². The molecule has 8 nitrogen and oxygen atoms in total. The van der Waals surface area contributed by atoms with Gasteiger partial charge < -0.3 is 24.6 Å². The zero-order valence-corrected chi connectivity index (χ0v) is 19.3. The first-order chi connectivity index (χ1) is 16.4. The summed E-state index contributed by atoms with van der Waals surface area (Å²) in [5, 5.41) is 3.03. The van der Waals surface area contributed by atoms with Gasteiger partial charge in [-0.2, -0.15) is 0 Å². The summed E-state index contributed by atoms with van der Waals surface area (Å²) >= 11 is 0. The molecule has 0 aromatic heterocycles. The summed E-state index contributed by atoms with van der Waals surface area (Å²) in [6.07, 6.45) is 1.26. The standard InChI is InChI=1S/C25H28FN3O5/c1-33-18-7-8-21(22(14-18)34-2)29-15-16(13-23(29)30)24(31)27-17-9-11-28(12-10-17)25(32)19-5-3-4-6-20(19)26/h3-8,14,16-17H,9-13,15H2,1-2H3,(H,27,31). The van der Waals surface area contributed by atoms with E-state index in [1.54, 1.807) is 47.2 Å².